The monoisotopic (exact) mass is 422 g/mol. The molecule has 1 atom stereocenters. The van der Waals surface area contributed by atoms with Crippen molar-refractivity contribution in [2.45, 2.75) is 57.4 Å². The molecule has 1 amide bonds. The van der Waals surface area contributed by atoms with E-state index in [9.17, 15) is 9.18 Å². The fourth-order valence-corrected chi connectivity index (χ4v) is 4.31. The highest BCUT2D eigenvalue weighted by atomic mass is 19.1. The number of aryl methyl sites for hydroxylation is 1. The average molecular weight is 423 g/mol. The Bertz CT molecular complexity index is 1120. The molecule has 7 heteroatoms. The molecule has 1 unspecified atom stereocenters. The Kier molecular flexibility index (Phi) is 4.91. The third-order valence-corrected chi connectivity index (χ3v) is 6.43. The highest BCUT2D eigenvalue weighted by Crippen LogP contribution is 2.39. The molecule has 2 aromatic heterocycles. The van der Waals surface area contributed by atoms with E-state index in [0.717, 1.165) is 48.8 Å². The van der Waals surface area contributed by atoms with Gasteiger partial charge in [0.05, 0.1) is 5.39 Å². The second-order valence-electron chi connectivity index (χ2n) is 9.15. The van der Waals surface area contributed by atoms with Crippen LogP contribution >= 0.6 is 0 Å². The molecule has 0 bridgehead atoms. The lowest BCUT2D eigenvalue weighted by Gasteiger charge is -2.24. The minimum absolute atomic E-state index is 0.0169. The van der Waals surface area contributed by atoms with Crippen molar-refractivity contribution in [1.82, 2.24) is 14.9 Å². The zero-order valence-corrected chi connectivity index (χ0v) is 17.9. The Morgan fingerprint density at radius 1 is 1.23 bits per heavy atom. The average Bonchev–Trinajstić information content (AvgIpc) is 3.42. The van der Waals surface area contributed by atoms with Gasteiger partial charge >= 0.3 is 0 Å². The highest BCUT2D eigenvalue weighted by molar-refractivity contribution is 5.95. The van der Waals surface area contributed by atoms with E-state index < -0.39 is 0 Å². The van der Waals surface area contributed by atoms with E-state index in [2.05, 4.69) is 22.2 Å². The van der Waals surface area contributed by atoms with Gasteiger partial charge < -0.3 is 14.6 Å². The van der Waals surface area contributed by atoms with Crippen LogP contribution in [0.15, 0.2) is 34.7 Å². The lowest BCUT2D eigenvalue weighted by molar-refractivity contribution is 0.0742. The van der Waals surface area contributed by atoms with Gasteiger partial charge in [-0.1, -0.05) is 18.6 Å². The quantitative estimate of drug-likeness (QED) is 0.637. The number of rotatable bonds is 4. The van der Waals surface area contributed by atoms with Crippen LogP contribution in [-0.2, 0) is 0 Å². The molecule has 1 aliphatic carbocycles. The Morgan fingerprint density at radius 2 is 2.00 bits per heavy atom. The molecule has 2 fully saturated rings. The Hall–Kier alpha value is -2.96. The van der Waals surface area contributed by atoms with Gasteiger partial charge in [-0.2, -0.15) is 4.98 Å². The van der Waals surface area contributed by atoms with Crippen LogP contribution in [0.4, 0.5) is 10.2 Å². The summed E-state index contributed by atoms with van der Waals surface area (Å²) in [5.41, 5.74) is 1.51. The number of halogens is 1. The summed E-state index contributed by atoms with van der Waals surface area (Å²) in [4.78, 5) is 24.4. The molecule has 6 nitrogen and oxygen atoms in total. The van der Waals surface area contributed by atoms with E-state index in [0.29, 0.717) is 24.6 Å². The van der Waals surface area contributed by atoms with Gasteiger partial charge in [0.25, 0.3) is 5.91 Å². The van der Waals surface area contributed by atoms with Gasteiger partial charge in [0.1, 0.15) is 17.4 Å². The standard InChI is InChI=1S/C24H27FN4O2/c1-15-13-19-20(28-24(2)10-11-24)26-21(27-22(19)31-15)23(30)29-12-4-3-5-17(14-29)16-6-8-18(25)9-7-16/h6-9,13,17H,3-5,10-12,14H2,1-2H3,(H,26,27,28). The lowest BCUT2D eigenvalue weighted by atomic mass is 9.94. The van der Waals surface area contributed by atoms with Crippen LogP contribution < -0.4 is 5.32 Å². The Labute approximate surface area is 180 Å². The number of hydrogen-bond acceptors (Lipinski definition) is 5. The predicted octanol–water partition coefficient (Wildman–Crippen LogP) is 5.04. The summed E-state index contributed by atoms with van der Waals surface area (Å²) in [7, 11) is 0. The maximum atomic E-state index is 13.4. The molecule has 31 heavy (non-hydrogen) atoms. The lowest BCUT2D eigenvalue weighted by Crippen LogP contribution is -2.35. The van der Waals surface area contributed by atoms with Crippen LogP contribution in [0.1, 0.15) is 66.9 Å². The molecule has 2 aliphatic rings. The van der Waals surface area contributed by atoms with Gasteiger partial charge in [0, 0.05) is 24.5 Å². The van der Waals surface area contributed by atoms with Crippen molar-refractivity contribution >= 4 is 22.8 Å². The minimum atomic E-state index is -0.245. The fraction of sp³-hybridized carbons (Fsp3) is 0.458. The molecule has 1 saturated heterocycles. The number of furan rings is 1. The van der Waals surface area contributed by atoms with Gasteiger partial charge in [-0.3, -0.25) is 4.79 Å². The summed E-state index contributed by atoms with van der Waals surface area (Å²) in [5, 5.41) is 4.29. The predicted molar refractivity (Wildman–Crippen MR) is 117 cm³/mol. The summed E-state index contributed by atoms with van der Waals surface area (Å²) in [6.07, 6.45) is 5.06. The molecule has 162 valence electrons. The number of likely N-dealkylation sites (tertiary alicyclic amines) is 1. The van der Waals surface area contributed by atoms with E-state index in [1.165, 1.54) is 12.1 Å². The van der Waals surface area contributed by atoms with Crippen molar-refractivity contribution in [2.75, 3.05) is 18.4 Å². The molecule has 1 N–H and O–H groups in total. The van der Waals surface area contributed by atoms with Crippen LogP contribution in [0.3, 0.4) is 0 Å². The first-order valence-electron chi connectivity index (χ1n) is 11.0. The molecule has 1 aromatic carbocycles. The number of carbonyl (C=O) groups excluding carboxylic acids is 1. The summed E-state index contributed by atoms with van der Waals surface area (Å²) >= 11 is 0. The number of benzene rings is 1. The molecule has 0 radical (unpaired) electrons. The number of aromatic nitrogens is 2. The number of nitrogens with one attached hydrogen (secondary N) is 1. The van der Waals surface area contributed by atoms with Crippen LogP contribution in [0.25, 0.3) is 11.1 Å². The molecule has 3 heterocycles. The van der Waals surface area contributed by atoms with Crippen molar-refractivity contribution in [3.8, 4) is 0 Å². The summed E-state index contributed by atoms with van der Waals surface area (Å²) in [6.45, 7) is 5.25. The van der Waals surface area contributed by atoms with Crippen molar-refractivity contribution in [2.24, 2.45) is 0 Å². The number of anilines is 1. The molecule has 0 spiro atoms. The second kappa shape index (κ2) is 7.62. The van der Waals surface area contributed by atoms with Crippen molar-refractivity contribution < 1.29 is 13.6 Å². The van der Waals surface area contributed by atoms with E-state index >= 15 is 0 Å². The molecule has 1 saturated carbocycles. The third kappa shape index (κ3) is 4.13. The molecule has 1 aliphatic heterocycles. The Balaban J connectivity index is 1.44. The number of hydrogen-bond donors (Lipinski definition) is 1. The van der Waals surface area contributed by atoms with Crippen molar-refractivity contribution in [3.63, 3.8) is 0 Å². The van der Waals surface area contributed by atoms with Crippen LogP contribution in [0, 0.1) is 12.7 Å². The van der Waals surface area contributed by atoms with Gasteiger partial charge in [0.15, 0.2) is 0 Å². The number of amides is 1. The summed E-state index contributed by atoms with van der Waals surface area (Å²) in [5.74, 6) is 1.30. The van der Waals surface area contributed by atoms with Crippen LogP contribution in [0.5, 0.6) is 0 Å². The van der Waals surface area contributed by atoms with Crippen molar-refractivity contribution in [3.05, 3.63) is 53.3 Å². The number of nitrogens with zero attached hydrogens (tertiary/aromatic N) is 3. The van der Waals surface area contributed by atoms with Crippen LogP contribution in [0.2, 0.25) is 0 Å². The highest BCUT2D eigenvalue weighted by Gasteiger charge is 2.38. The summed E-state index contributed by atoms with van der Waals surface area (Å²) < 4.78 is 19.1. The van der Waals surface area contributed by atoms with Gasteiger partial charge in [-0.25, -0.2) is 9.37 Å². The number of carbonyl (C=O) groups is 1. The number of fused-ring (bicyclic) bond motifs is 1. The first-order chi connectivity index (χ1) is 14.9. The van der Waals surface area contributed by atoms with Gasteiger partial charge in [-0.15, -0.1) is 0 Å². The van der Waals surface area contributed by atoms with E-state index in [1.54, 1.807) is 0 Å². The molecule has 3 aromatic rings. The topological polar surface area (TPSA) is 71.3 Å². The smallest absolute Gasteiger partial charge is 0.291 e. The van der Waals surface area contributed by atoms with Crippen LogP contribution in [-0.4, -0.2) is 39.4 Å². The SMILES string of the molecule is Cc1cc2c(NC3(C)CC3)nc(C(=O)N3CCCCC(c4ccc(F)cc4)C3)nc2o1. The zero-order chi connectivity index (χ0) is 21.6. The zero-order valence-electron chi connectivity index (χ0n) is 17.9. The normalized spacial score (nSPS) is 20.5. The maximum absolute atomic E-state index is 13.4. The van der Waals surface area contributed by atoms with Crippen molar-refractivity contribution in [1.29, 1.82) is 0 Å². The maximum Gasteiger partial charge on any atom is 0.291 e. The Morgan fingerprint density at radius 3 is 2.74 bits per heavy atom. The molecular formula is C24H27FN4O2. The minimum Gasteiger partial charge on any atom is -0.443 e. The van der Waals surface area contributed by atoms with E-state index in [4.69, 9.17) is 4.42 Å². The van der Waals surface area contributed by atoms with E-state index in [-0.39, 0.29) is 29.0 Å². The first kappa shape index (κ1) is 20.0. The molecular weight excluding hydrogens is 395 g/mol. The fourth-order valence-electron chi connectivity index (χ4n) is 4.31. The largest absolute Gasteiger partial charge is 0.443 e. The third-order valence-electron chi connectivity index (χ3n) is 6.43. The first-order valence-corrected chi connectivity index (χ1v) is 11.0. The second-order valence-corrected chi connectivity index (χ2v) is 9.15. The molecule has 5 rings (SSSR count). The van der Waals surface area contributed by atoms with Gasteiger partial charge in [-0.05, 0) is 63.3 Å². The van der Waals surface area contributed by atoms with Gasteiger partial charge in [0.2, 0.25) is 11.5 Å². The van der Waals surface area contributed by atoms with E-state index in [1.807, 2.05) is 30.0 Å². The summed E-state index contributed by atoms with van der Waals surface area (Å²) in [6, 6.07) is 8.52.